The maximum absolute atomic E-state index is 12.1. The normalized spacial score (nSPS) is 12.3. The van der Waals surface area contributed by atoms with E-state index in [1.807, 2.05) is 20.8 Å². The fourth-order valence-corrected chi connectivity index (χ4v) is 2.68. The fourth-order valence-electron chi connectivity index (χ4n) is 1.38. The molecule has 0 radical (unpaired) electrons. The zero-order valence-electron chi connectivity index (χ0n) is 12.0. The van der Waals surface area contributed by atoms with Gasteiger partial charge in [0.2, 0.25) is 10.0 Å². The Morgan fingerprint density at radius 3 is 2.16 bits per heavy atom. The van der Waals surface area contributed by atoms with Crippen LogP contribution in [0.2, 0.25) is 0 Å². The summed E-state index contributed by atoms with van der Waals surface area (Å²) >= 11 is 0. The van der Waals surface area contributed by atoms with Crippen molar-refractivity contribution in [2.45, 2.75) is 25.7 Å². The number of ether oxygens (including phenoxy) is 2. The smallest absolute Gasteiger partial charge is 0.240 e. The Morgan fingerprint density at radius 1 is 1.11 bits per heavy atom. The van der Waals surface area contributed by atoms with Gasteiger partial charge in [-0.1, -0.05) is 20.8 Å². The minimum atomic E-state index is -3.54. The summed E-state index contributed by atoms with van der Waals surface area (Å²) in [7, 11) is -0.564. The highest BCUT2D eigenvalue weighted by atomic mass is 32.2. The van der Waals surface area contributed by atoms with Crippen LogP contribution in [0, 0.1) is 5.41 Å². The highest BCUT2D eigenvalue weighted by Gasteiger charge is 2.20. The minimum Gasteiger partial charge on any atom is -0.493 e. The third kappa shape index (κ3) is 4.40. The molecule has 1 aromatic rings. The van der Waals surface area contributed by atoms with Crippen LogP contribution >= 0.6 is 0 Å². The second-order valence-electron chi connectivity index (χ2n) is 5.40. The number of rotatable bonds is 5. The first-order valence-electron chi connectivity index (χ1n) is 5.91. The average molecular weight is 287 g/mol. The van der Waals surface area contributed by atoms with E-state index in [0.717, 1.165) is 0 Å². The number of nitrogens with one attached hydrogen (secondary N) is 1. The highest BCUT2D eigenvalue weighted by Crippen LogP contribution is 2.29. The van der Waals surface area contributed by atoms with Gasteiger partial charge in [0.05, 0.1) is 19.1 Å². The van der Waals surface area contributed by atoms with Gasteiger partial charge in [-0.05, 0) is 17.5 Å². The van der Waals surface area contributed by atoms with E-state index in [9.17, 15) is 8.42 Å². The van der Waals surface area contributed by atoms with Gasteiger partial charge in [0, 0.05) is 12.6 Å². The maximum Gasteiger partial charge on any atom is 0.240 e. The summed E-state index contributed by atoms with van der Waals surface area (Å²) < 4.78 is 37.0. The van der Waals surface area contributed by atoms with Crippen LogP contribution in [-0.4, -0.2) is 29.2 Å². The van der Waals surface area contributed by atoms with E-state index in [-0.39, 0.29) is 10.3 Å². The third-order valence-corrected chi connectivity index (χ3v) is 3.86. The van der Waals surface area contributed by atoms with E-state index >= 15 is 0 Å². The van der Waals surface area contributed by atoms with Crippen LogP contribution in [0.1, 0.15) is 20.8 Å². The van der Waals surface area contributed by atoms with Gasteiger partial charge in [0.15, 0.2) is 11.5 Å². The van der Waals surface area contributed by atoms with E-state index in [1.165, 1.54) is 26.4 Å². The lowest BCUT2D eigenvalue weighted by Crippen LogP contribution is -2.32. The van der Waals surface area contributed by atoms with Gasteiger partial charge in [-0.25, -0.2) is 13.1 Å². The van der Waals surface area contributed by atoms with Crippen molar-refractivity contribution in [2.75, 3.05) is 20.8 Å². The summed E-state index contributed by atoms with van der Waals surface area (Å²) in [5.41, 5.74) is -0.121. The molecule has 0 bridgehead atoms. The van der Waals surface area contributed by atoms with Gasteiger partial charge in [-0.2, -0.15) is 0 Å². The van der Waals surface area contributed by atoms with Crippen molar-refractivity contribution in [3.8, 4) is 11.5 Å². The van der Waals surface area contributed by atoms with Crippen LogP contribution in [0.15, 0.2) is 23.1 Å². The first kappa shape index (κ1) is 15.8. The third-order valence-electron chi connectivity index (χ3n) is 2.46. The molecule has 0 fully saturated rings. The van der Waals surface area contributed by atoms with Crippen molar-refractivity contribution < 1.29 is 17.9 Å². The van der Waals surface area contributed by atoms with Crippen molar-refractivity contribution in [1.82, 2.24) is 4.72 Å². The molecule has 108 valence electrons. The topological polar surface area (TPSA) is 64.6 Å². The molecular weight excluding hydrogens is 266 g/mol. The van der Waals surface area contributed by atoms with Crippen LogP contribution in [0.5, 0.6) is 11.5 Å². The lowest BCUT2D eigenvalue weighted by atomic mass is 9.98. The first-order valence-corrected chi connectivity index (χ1v) is 7.39. The Hall–Kier alpha value is -1.27. The quantitative estimate of drug-likeness (QED) is 0.900. The Bertz CT molecular complexity index is 532. The summed E-state index contributed by atoms with van der Waals surface area (Å²) in [6.45, 7) is 6.25. The second kappa shape index (κ2) is 5.79. The molecule has 1 rings (SSSR count). The number of hydrogen-bond acceptors (Lipinski definition) is 4. The molecule has 6 heteroatoms. The molecule has 0 saturated carbocycles. The fraction of sp³-hybridized carbons (Fsp3) is 0.538. The zero-order valence-corrected chi connectivity index (χ0v) is 12.8. The predicted octanol–water partition coefficient (Wildman–Crippen LogP) is 2.03. The molecule has 0 spiro atoms. The number of sulfonamides is 1. The predicted molar refractivity (Wildman–Crippen MR) is 74.2 cm³/mol. The molecule has 19 heavy (non-hydrogen) atoms. The van der Waals surface area contributed by atoms with E-state index < -0.39 is 10.0 Å². The SMILES string of the molecule is COc1ccc(S(=O)(=O)NCC(C)(C)C)cc1OC. The van der Waals surface area contributed by atoms with Crippen molar-refractivity contribution in [1.29, 1.82) is 0 Å². The molecule has 1 aromatic carbocycles. The molecule has 0 amide bonds. The second-order valence-corrected chi connectivity index (χ2v) is 7.17. The van der Waals surface area contributed by atoms with Gasteiger partial charge < -0.3 is 9.47 Å². The van der Waals surface area contributed by atoms with Crippen LogP contribution in [0.25, 0.3) is 0 Å². The van der Waals surface area contributed by atoms with Crippen LogP contribution in [0.4, 0.5) is 0 Å². The van der Waals surface area contributed by atoms with Gasteiger partial charge in [-0.3, -0.25) is 0 Å². The lowest BCUT2D eigenvalue weighted by molar-refractivity contribution is 0.353. The Morgan fingerprint density at radius 2 is 1.68 bits per heavy atom. The molecule has 0 heterocycles. The average Bonchev–Trinajstić information content (AvgIpc) is 2.35. The molecule has 0 unspecified atom stereocenters. The molecule has 1 N–H and O–H groups in total. The van der Waals surface area contributed by atoms with Crippen LogP contribution in [0.3, 0.4) is 0 Å². The van der Waals surface area contributed by atoms with Gasteiger partial charge in [0.25, 0.3) is 0 Å². The van der Waals surface area contributed by atoms with Gasteiger partial charge in [0.1, 0.15) is 0 Å². The summed E-state index contributed by atoms with van der Waals surface area (Å²) in [4.78, 5) is 0.161. The zero-order chi connectivity index (χ0) is 14.7. The number of hydrogen-bond donors (Lipinski definition) is 1. The van der Waals surface area contributed by atoms with Gasteiger partial charge in [-0.15, -0.1) is 0 Å². The Labute approximate surface area is 115 Å². The van der Waals surface area contributed by atoms with Crippen LogP contribution in [-0.2, 0) is 10.0 Å². The first-order chi connectivity index (χ1) is 8.69. The summed E-state index contributed by atoms with van der Waals surface area (Å²) in [6.07, 6.45) is 0. The summed E-state index contributed by atoms with van der Waals surface area (Å²) in [5.74, 6) is 0.887. The lowest BCUT2D eigenvalue weighted by Gasteiger charge is -2.19. The van der Waals surface area contributed by atoms with Crippen molar-refractivity contribution in [3.63, 3.8) is 0 Å². The molecule has 0 atom stereocenters. The van der Waals surface area contributed by atoms with Gasteiger partial charge >= 0.3 is 0 Å². The molecular formula is C13H21NO4S. The number of benzene rings is 1. The van der Waals surface area contributed by atoms with Crippen molar-refractivity contribution in [3.05, 3.63) is 18.2 Å². The van der Waals surface area contributed by atoms with Crippen molar-refractivity contribution >= 4 is 10.0 Å². The monoisotopic (exact) mass is 287 g/mol. The Balaban J connectivity index is 3.02. The number of methoxy groups -OCH3 is 2. The largest absolute Gasteiger partial charge is 0.493 e. The van der Waals surface area contributed by atoms with Crippen molar-refractivity contribution in [2.24, 2.45) is 5.41 Å². The van der Waals surface area contributed by atoms with Crippen LogP contribution < -0.4 is 14.2 Å². The summed E-state index contributed by atoms with van der Waals surface area (Å²) in [6, 6.07) is 4.51. The molecule has 0 aliphatic carbocycles. The van der Waals surface area contributed by atoms with E-state index in [1.54, 1.807) is 6.07 Å². The molecule has 0 aliphatic heterocycles. The Kier molecular flexibility index (Phi) is 4.81. The summed E-state index contributed by atoms with van der Waals surface area (Å²) in [5, 5.41) is 0. The highest BCUT2D eigenvalue weighted by molar-refractivity contribution is 7.89. The van der Waals surface area contributed by atoms with E-state index in [4.69, 9.17) is 9.47 Å². The van der Waals surface area contributed by atoms with E-state index in [2.05, 4.69) is 4.72 Å². The minimum absolute atomic E-state index is 0.121. The maximum atomic E-state index is 12.1. The molecule has 0 aromatic heterocycles. The van der Waals surface area contributed by atoms with E-state index in [0.29, 0.717) is 18.0 Å². The molecule has 0 aliphatic rings. The molecule has 5 nitrogen and oxygen atoms in total. The molecule has 0 saturated heterocycles. The standard InChI is InChI=1S/C13H21NO4S/c1-13(2,3)9-14-19(15,16)10-6-7-11(17-4)12(8-10)18-5/h6-8,14H,9H2,1-5H3.